The van der Waals surface area contributed by atoms with Crippen molar-refractivity contribution in [1.29, 1.82) is 16.2 Å². The van der Waals surface area contributed by atoms with Crippen LogP contribution in [0.2, 0.25) is 0 Å². The lowest BCUT2D eigenvalue weighted by molar-refractivity contribution is -0.137. The fourth-order valence-electron chi connectivity index (χ4n) is 14.5. The van der Waals surface area contributed by atoms with E-state index < -0.39 is 149 Å². The Bertz CT molecular complexity index is 4600. The van der Waals surface area contributed by atoms with Gasteiger partial charge in [0.25, 0.3) is 0 Å². The minimum absolute atomic E-state index is 0.000431. The lowest BCUT2D eigenvalue weighted by Gasteiger charge is -2.29. The van der Waals surface area contributed by atoms with Crippen LogP contribution in [0.15, 0.2) is 91.4 Å². The Morgan fingerprint density at radius 2 is 0.595 bits per heavy atom. The molecule has 0 aliphatic carbocycles. The average molecular weight is 1760 g/mol. The quantitative estimate of drug-likeness (QED) is 0.0111. The first-order chi connectivity index (χ1) is 60.1. The van der Waals surface area contributed by atoms with Gasteiger partial charge in [-0.25, -0.2) is 0 Å². The summed E-state index contributed by atoms with van der Waals surface area (Å²) >= 11 is 0. The number of aliphatic hydroxyl groups is 1. The zero-order chi connectivity index (χ0) is 92.5. The molecular weight excluding hydrogens is 1620 g/mol. The minimum Gasteiger partial charge on any atom is -0.391 e. The molecule has 692 valence electrons. The number of unbranched alkanes of at least 4 members (excludes halogenated alkanes) is 3. The number of aromatic amines is 3. The molecule has 126 heavy (non-hydrogen) atoms. The molecule has 13 atom stereocenters. The molecular formula is C85H134N28O13. The molecule has 0 aliphatic rings. The van der Waals surface area contributed by atoms with E-state index in [1.165, 1.54) is 6.92 Å². The molecule has 3 aromatic heterocycles. The Balaban J connectivity index is 1.27. The van der Waals surface area contributed by atoms with E-state index in [2.05, 4.69) is 89.4 Å². The Labute approximate surface area is 733 Å². The molecule has 41 heteroatoms. The van der Waals surface area contributed by atoms with Crippen molar-refractivity contribution < 1.29 is 62.6 Å². The van der Waals surface area contributed by atoms with E-state index in [1.54, 1.807) is 55.0 Å². The van der Waals surface area contributed by atoms with Gasteiger partial charge in [0.05, 0.1) is 12.1 Å². The molecule has 6 aromatic rings. The summed E-state index contributed by atoms with van der Waals surface area (Å²) < 4.78 is 0. The fourth-order valence-corrected chi connectivity index (χ4v) is 14.5. The maximum atomic E-state index is 15.3. The zero-order valence-electron chi connectivity index (χ0n) is 72.7. The van der Waals surface area contributed by atoms with Crippen molar-refractivity contribution in [1.82, 2.24) is 89.4 Å². The summed E-state index contributed by atoms with van der Waals surface area (Å²) in [5.74, 6) is -11.6. The number of rotatable bonds is 58. The van der Waals surface area contributed by atoms with Crippen LogP contribution in [0.4, 0.5) is 0 Å². The third-order valence-electron chi connectivity index (χ3n) is 21.3. The van der Waals surface area contributed by atoms with Gasteiger partial charge in [-0.15, -0.1) is 0 Å². The lowest BCUT2D eigenvalue weighted by atomic mass is 9.99. The average Bonchev–Trinajstić information content (AvgIpc) is 1.67. The van der Waals surface area contributed by atoms with Crippen LogP contribution in [-0.2, 0) is 76.8 Å². The van der Waals surface area contributed by atoms with E-state index >= 15 is 24.0 Å². The number of fused-ring (bicyclic) bond motifs is 3. The van der Waals surface area contributed by atoms with Crippen LogP contribution >= 0.6 is 0 Å². The highest BCUT2D eigenvalue weighted by molar-refractivity contribution is 6.01. The summed E-state index contributed by atoms with van der Waals surface area (Å²) in [6.45, 7) is 9.48. The topological polar surface area (TPSA) is 721 Å². The number of amides is 12. The van der Waals surface area contributed by atoms with Gasteiger partial charge in [-0.2, -0.15) is 0 Å². The van der Waals surface area contributed by atoms with Gasteiger partial charge in [0, 0.05) is 90.2 Å². The van der Waals surface area contributed by atoms with Gasteiger partial charge in [0.1, 0.15) is 66.5 Å². The first-order valence-electron chi connectivity index (χ1n) is 43.2. The maximum absolute atomic E-state index is 15.3. The number of nitrogens with one attached hydrogen (secondary N) is 20. The highest BCUT2D eigenvalue weighted by Gasteiger charge is 2.39. The lowest BCUT2D eigenvalue weighted by Crippen LogP contribution is -2.62. The Morgan fingerprint density at radius 1 is 0.333 bits per heavy atom. The normalized spacial score (nSPS) is 14.5. The number of hydrogen-bond acceptors (Lipinski definition) is 20. The molecule has 0 spiro atoms. The van der Waals surface area contributed by atoms with E-state index in [0.717, 1.165) is 10.9 Å². The number of carbonyl (C=O) groups excluding carboxylic acids is 12. The molecule has 41 nitrogen and oxygen atoms in total. The predicted molar refractivity (Wildman–Crippen MR) is 481 cm³/mol. The van der Waals surface area contributed by atoms with Gasteiger partial charge in [-0.05, 0) is 182 Å². The van der Waals surface area contributed by atoms with Gasteiger partial charge < -0.3 is 140 Å². The van der Waals surface area contributed by atoms with Crippen LogP contribution in [0, 0.1) is 28.1 Å². The molecule has 3 aromatic carbocycles. The number of nitrogens with two attached hydrogens (primary N) is 8. The summed E-state index contributed by atoms with van der Waals surface area (Å²) in [4.78, 5) is 185. The van der Waals surface area contributed by atoms with E-state index in [9.17, 15) is 38.7 Å². The van der Waals surface area contributed by atoms with E-state index in [4.69, 9.17) is 62.1 Å². The predicted octanol–water partition coefficient (Wildman–Crippen LogP) is -2.05. The molecule has 0 fully saturated rings. The number of primary amides is 1. The second-order valence-corrected chi connectivity index (χ2v) is 32.6. The summed E-state index contributed by atoms with van der Waals surface area (Å²) in [6.07, 6.45) is 5.37. The molecule has 37 N–H and O–H groups in total. The molecule has 0 unspecified atom stereocenters. The van der Waals surface area contributed by atoms with Crippen molar-refractivity contribution in [2.45, 2.75) is 242 Å². The van der Waals surface area contributed by atoms with Crippen molar-refractivity contribution in [3.05, 3.63) is 108 Å². The Hall–Kier alpha value is -12.5. The van der Waals surface area contributed by atoms with Crippen LogP contribution in [0.3, 0.4) is 0 Å². The summed E-state index contributed by atoms with van der Waals surface area (Å²) in [5.41, 5.74) is 50.5. The SMILES string of the molecule is CC(C)C[C@H](NC(=O)[C@H](CCCNC(=N)N)NC(=O)[C@H](CCCCN)NC(=O)[C@H](Cc1c[nH]c2ccccc12)NC(=O)[C@@H](NC(=O)[C@H](CCCCN)NC(=O)[C@H](CCCCN)NC(=O)[C@H](Cc1c[nH]c2ccccc12)NC(=O)[C@H](CC(C)C)NC(=O)[C@H](CCCNC(=N)N)NC(=O)[C@@H](N)CCCNC(=N)N)[C@@H](C)O)C(=O)N[C@@H](Cc1c[nH]c2ccccc12)C(N)=O. The number of para-hydroxylation sites is 3. The van der Waals surface area contributed by atoms with Crippen LogP contribution in [0.1, 0.15) is 160 Å². The number of aliphatic hydroxyl groups excluding tert-OH is 1. The second-order valence-electron chi connectivity index (χ2n) is 32.6. The Morgan fingerprint density at radius 3 is 0.913 bits per heavy atom. The van der Waals surface area contributed by atoms with Gasteiger partial charge in [-0.1, -0.05) is 82.3 Å². The van der Waals surface area contributed by atoms with Crippen LogP contribution < -0.4 is 120 Å². The van der Waals surface area contributed by atoms with E-state index in [1.807, 2.05) is 64.1 Å². The smallest absolute Gasteiger partial charge is 0.245 e. The molecule has 0 saturated heterocycles. The van der Waals surface area contributed by atoms with Crippen LogP contribution in [-0.4, -0.2) is 227 Å². The standard InChI is InChI=1S/C85H134N28O13/c1-47(2)39-66(78(122)108-65(71(90)115)41-50-44-100-57-25-9-6-21-53(50)57)109-76(120)64(32-20-38-99-85(95)96)105-74(118)61(29-13-16-34-87)107-81(125)69(43-52-46-102-59-27-11-8-23-55(52)59)112-82(126)70(49(5)114)113-77(121)62(30-14-17-35-88)104-73(117)60(28-12-15-33-86)106-80(124)68(42-51-45-101-58-26-10-7-22-54(51)58)111-79(123)67(40-48(3)4)110-75(119)63(31-19-37-98-84(93)94)103-72(116)56(89)24-18-36-97-83(91)92/h6-11,21-23,25-27,44-49,56,60-70,100-102,114H,12-20,24,28-43,86-89H2,1-5H3,(H2,90,115)(H,103,116)(H,104,117)(H,105,118)(H,106,124)(H,107,125)(H,108,122)(H,109,120)(H,110,119)(H,111,123)(H,112,126)(H,113,121)(H4,91,92,97)(H4,93,94,98)(H4,95,96,99)/t49-,56+,60+,61+,62+,63+,64+,65+,66+,67+,68+,69+,70+/m1/s1. The highest BCUT2D eigenvalue weighted by Crippen LogP contribution is 2.24. The Kier molecular flexibility index (Phi) is 43.0. The largest absolute Gasteiger partial charge is 0.391 e. The summed E-state index contributed by atoms with van der Waals surface area (Å²) in [6, 6.07) is 4.83. The summed E-state index contributed by atoms with van der Waals surface area (Å²) in [5, 5.41) is 74.8. The number of benzene rings is 3. The van der Waals surface area contributed by atoms with Crippen molar-refractivity contribution in [2.75, 3.05) is 39.3 Å². The number of guanidine groups is 3. The first-order valence-corrected chi connectivity index (χ1v) is 43.2. The van der Waals surface area contributed by atoms with Gasteiger partial charge >= 0.3 is 0 Å². The van der Waals surface area contributed by atoms with Crippen molar-refractivity contribution in [3.63, 3.8) is 0 Å². The number of hydrogen-bond donors (Lipinski definition) is 29. The van der Waals surface area contributed by atoms with Crippen molar-refractivity contribution in [3.8, 4) is 0 Å². The zero-order valence-corrected chi connectivity index (χ0v) is 72.7. The van der Waals surface area contributed by atoms with Crippen LogP contribution in [0.25, 0.3) is 32.7 Å². The molecule has 12 amide bonds. The van der Waals surface area contributed by atoms with Crippen molar-refractivity contribution >= 4 is 121 Å². The molecule has 0 radical (unpaired) electrons. The first kappa shape index (κ1) is 102. The number of H-pyrrole nitrogens is 3. The van der Waals surface area contributed by atoms with Crippen LogP contribution in [0.5, 0.6) is 0 Å². The third-order valence-corrected chi connectivity index (χ3v) is 21.3. The molecule has 0 saturated carbocycles. The highest BCUT2D eigenvalue weighted by atomic mass is 16.3. The fraction of sp³-hybridized carbons (Fsp3) is 0.541. The van der Waals surface area contributed by atoms with E-state index in [0.29, 0.717) is 64.2 Å². The number of aromatic nitrogens is 3. The van der Waals surface area contributed by atoms with E-state index in [-0.39, 0.29) is 172 Å². The monoisotopic (exact) mass is 1760 g/mol. The second kappa shape index (κ2) is 53.0. The minimum atomic E-state index is -1.86. The van der Waals surface area contributed by atoms with Crippen molar-refractivity contribution in [2.24, 2.45) is 57.7 Å². The number of carbonyl (C=O) groups is 12. The third kappa shape index (κ3) is 34.2. The molecule has 0 aliphatic heterocycles. The molecule has 3 heterocycles. The van der Waals surface area contributed by atoms with Gasteiger partial charge in [0.2, 0.25) is 70.9 Å². The van der Waals surface area contributed by atoms with Gasteiger partial charge in [-0.3, -0.25) is 73.8 Å². The summed E-state index contributed by atoms with van der Waals surface area (Å²) in [7, 11) is 0. The molecule has 6 rings (SSSR count). The maximum Gasteiger partial charge on any atom is 0.245 e. The van der Waals surface area contributed by atoms with Gasteiger partial charge in [0.15, 0.2) is 17.9 Å². The molecule has 0 bridgehead atoms.